The van der Waals surface area contributed by atoms with Crippen LogP contribution in [0.15, 0.2) is 24.3 Å². The monoisotopic (exact) mass is 322 g/mol. The molecule has 1 atom stereocenters. The lowest BCUT2D eigenvalue weighted by atomic mass is 9.87. The molecule has 23 heavy (non-hydrogen) atoms. The highest BCUT2D eigenvalue weighted by atomic mass is 16.5. The molecule has 0 heterocycles. The maximum atomic E-state index is 11.8. The third kappa shape index (κ3) is 6.28. The van der Waals surface area contributed by atoms with Crippen molar-refractivity contribution >= 4 is 11.8 Å². The van der Waals surface area contributed by atoms with Gasteiger partial charge in [0.05, 0.1) is 13.2 Å². The summed E-state index contributed by atoms with van der Waals surface area (Å²) in [6.45, 7) is 6.21. The van der Waals surface area contributed by atoms with Gasteiger partial charge in [0.1, 0.15) is 5.75 Å². The Labute approximate surface area is 137 Å². The molecule has 0 spiro atoms. The van der Waals surface area contributed by atoms with Crippen LogP contribution in [0, 0.1) is 5.41 Å². The minimum Gasteiger partial charge on any atom is -0.496 e. The number of carbonyl (C=O) groups excluding carboxylic acids is 2. The summed E-state index contributed by atoms with van der Waals surface area (Å²) in [6.07, 6.45) is -0.144. The highest BCUT2D eigenvalue weighted by Gasteiger charge is 2.22. The van der Waals surface area contributed by atoms with Gasteiger partial charge in [-0.15, -0.1) is 0 Å². The lowest BCUT2D eigenvalue weighted by Crippen LogP contribution is -2.41. The predicted octanol–water partition coefficient (Wildman–Crippen LogP) is 1.22. The maximum Gasteiger partial charge on any atom is 0.309 e. The number of hydrogen-bond acceptors (Lipinski definition) is 4. The second-order valence-corrected chi connectivity index (χ2v) is 6.42. The van der Waals surface area contributed by atoms with Crippen LogP contribution < -0.4 is 15.4 Å². The second-order valence-electron chi connectivity index (χ2n) is 6.42. The number of nitrogens with one attached hydrogen (secondary N) is 2. The first kappa shape index (κ1) is 19.0. The van der Waals surface area contributed by atoms with Crippen molar-refractivity contribution < 1.29 is 19.4 Å². The minimum atomic E-state index is -0.707. The van der Waals surface area contributed by atoms with E-state index >= 15 is 0 Å². The topological polar surface area (TPSA) is 87.7 Å². The van der Waals surface area contributed by atoms with E-state index in [1.165, 1.54) is 0 Å². The standard InChI is InChI=1S/C17H26N2O4/c1-17(2,3)14(20)9-10-18-15(21)16(22)19-11-12-7-5-6-8-13(12)23-4/h5-8,14,20H,9-11H2,1-4H3,(H,18,21)(H,19,22). The molecule has 0 fully saturated rings. The number of amides is 2. The number of aliphatic hydroxyl groups is 1. The van der Waals surface area contributed by atoms with Crippen molar-refractivity contribution in [3.05, 3.63) is 29.8 Å². The average molecular weight is 322 g/mol. The van der Waals surface area contributed by atoms with Crippen molar-refractivity contribution in [1.29, 1.82) is 0 Å². The summed E-state index contributed by atoms with van der Waals surface area (Å²) in [5.74, 6) is -0.760. The third-order valence-electron chi connectivity index (χ3n) is 3.54. The van der Waals surface area contributed by atoms with Gasteiger partial charge in [0.25, 0.3) is 0 Å². The summed E-state index contributed by atoms with van der Waals surface area (Å²) >= 11 is 0. The van der Waals surface area contributed by atoms with E-state index < -0.39 is 17.9 Å². The van der Waals surface area contributed by atoms with E-state index in [2.05, 4.69) is 10.6 Å². The summed E-state index contributed by atoms with van der Waals surface area (Å²) in [4.78, 5) is 23.5. The van der Waals surface area contributed by atoms with E-state index in [1.807, 2.05) is 39.0 Å². The highest BCUT2D eigenvalue weighted by Crippen LogP contribution is 2.20. The van der Waals surface area contributed by atoms with Crippen LogP contribution in [0.1, 0.15) is 32.8 Å². The number of carbonyl (C=O) groups is 2. The van der Waals surface area contributed by atoms with E-state index in [0.29, 0.717) is 12.2 Å². The Balaban J connectivity index is 2.39. The molecule has 0 aliphatic carbocycles. The number of methoxy groups -OCH3 is 1. The fourth-order valence-corrected chi connectivity index (χ4v) is 1.94. The number of ether oxygens (including phenoxy) is 1. The quantitative estimate of drug-likeness (QED) is 0.687. The zero-order valence-electron chi connectivity index (χ0n) is 14.2. The summed E-state index contributed by atoms with van der Waals surface area (Å²) in [5.41, 5.74) is 0.538. The molecule has 3 N–H and O–H groups in total. The van der Waals surface area contributed by atoms with E-state index in [4.69, 9.17) is 4.74 Å². The Bertz CT molecular complexity index is 538. The van der Waals surface area contributed by atoms with Crippen molar-refractivity contribution in [3.8, 4) is 5.75 Å². The Morgan fingerprint density at radius 1 is 1.17 bits per heavy atom. The average Bonchev–Trinajstić information content (AvgIpc) is 2.51. The van der Waals surface area contributed by atoms with Crippen molar-refractivity contribution in [2.24, 2.45) is 5.41 Å². The van der Waals surface area contributed by atoms with E-state index in [-0.39, 0.29) is 18.5 Å². The first-order valence-electron chi connectivity index (χ1n) is 7.61. The molecular weight excluding hydrogens is 296 g/mol. The van der Waals surface area contributed by atoms with Gasteiger partial charge < -0.3 is 20.5 Å². The SMILES string of the molecule is COc1ccccc1CNC(=O)C(=O)NCCC(O)C(C)(C)C. The molecule has 6 nitrogen and oxygen atoms in total. The van der Waals surface area contributed by atoms with Crippen molar-refractivity contribution in [2.45, 2.75) is 39.8 Å². The molecule has 2 amide bonds. The molecule has 0 aromatic heterocycles. The minimum absolute atomic E-state index is 0.209. The largest absolute Gasteiger partial charge is 0.496 e. The molecule has 1 aromatic rings. The molecule has 0 aliphatic rings. The molecule has 6 heteroatoms. The molecule has 0 saturated heterocycles. The molecule has 128 valence electrons. The van der Waals surface area contributed by atoms with Crippen molar-refractivity contribution in [3.63, 3.8) is 0 Å². The Morgan fingerprint density at radius 2 is 1.78 bits per heavy atom. The third-order valence-corrected chi connectivity index (χ3v) is 3.54. The van der Waals surface area contributed by atoms with Crippen molar-refractivity contribution in [2.75, 3.05) is 13.7 Å². The van der Waals surface area contributed by atoms with Gasteiger partial charge in [0.2, 0.25) is 0 Å². The van der Waals surface area contributed by atoms with Gasteiger partial charge in [-0.3, -0.25) is 9.59 Å². The van der Waals surface area contributed by atoms with Gasteiger partial charge >= 0.3 is 11.8 Å². The summed E-state index contributed by atoms with van der Waals surface area (Å²) in [5, 5.41) is 14.9. The summed E-state index contributed by atoms with van der Waals surface area (Å²) < 4.78 is 5.18. The van der Waals surface area contributed by atoms with Crippen LogP contribution in [0.5, 0.6) is 5.75 Å². The molecule has 1 aromatic carbocycles. The molecule has 0 radical (unpaired) electrons. The zero-order valence-corrected chi connectivity index (χ0v) is 14.2. The van der Waals surface area contributed by atoms with Crippen LogP contribution in [-0.2, 0) is 16.1 Å². The normalized spacial score (nSPS) is 12.4. The number of hydrogen-bond donors (Lipinski definition) is 3. The van der Waals surface area contributed by atoms with Gasteiger partial charge in [0, 0.05) is 18.7 Å². The summed E-state index contributed by atoms with van der Waals surface area (Å²) in [7, 11) is 1.55. The number of benzene rings is 1. The maximum absolute atomic E-state index is 11.8. The highest BCUT2D eigenvalue weighted by molar-refractivity contribution is 6.35. The molecule has 0 saturated carbocycles. The first-order chi connectivity index (χ1) is 10.8. The predicted molar refractivity (Wildman–Crippen MR) is 87.9 cm³/mol. The molecule has 1 unspecified atom stereocenters. The Morgan fingerprint density at radius 3 is 2.39 bits per heavy atom. The molecule has 0 bridgehead atoms. The van der Waals surface area contributed by atoms with Crippen LogP contribution in [-0.4, -0.2) is 36.7 Å². The fraction of sp³-hybridized carbons (Fsp3) is 0.529. The van der Waals surface area contributed by atoms with E-state index in [9.17, 15) is 14.7 Å². The Kier molecular flexibility index (Phi) is 7.03. The van der Waals surface area contributed by atoms with Crippen LogP contribution in [0.3, 0.4) is 0 Å². The zero-order chi connectivity index (χ0) is 17.5. The van der Waals surface area contributed by atoms with Gasteiger partial charge in [-0.1, -0.05) is 39.0 Å². The van der Waals surface area contributed by atoms with Gasteiger partial charge in [-0.05, 0) is 17.9 Å². The lowest BCUT2D eigenvalue weighted by molar-refractivity contribution is -0.139. The number of para-hydroxylation sites is 1. The van der Waals surface area contributed by atoms with Crippen LogP contribution >= 0.6 is 0 Å². The first-order valence-corrected chi connectivity index (χ1v) is 7.61. The number of rotatable bonds is 6. The van der Waals surface area contributed by atoms with Crippen LogP contribution in [0.2, 0.25) is 0 Å². The van der Waals surface area contributed by atoms with Crippen molar-refractivity contribution in [1.82, 2.24) is 10.6 Å². The lowest BCUT2D eigenvalue weighted by Gasteiger charge is -2.25. The molecule has 1 rings (SSSR count). The van der Waals surface area contributed by atoms with Gasteiger partial charge in [0.15, 0.2) is 0 Å². The number of aliphatic hydroxyl groups excluding tert-OH is 1. The second kappa shape index (κ2) is 8.53. The molecular formula is C17H26N2O4. The van der Waals surface area contributed by atoms with E-state index in [0.717, 1.165) is 5.56 Å². The molecule has 0 aliphatic heterocycles. The fourth-order valence-electron chi connectivity index (χ4n) is 1.94. The smallest absolute Gasteiger partial charge is 0.309 e. The van der Waals surface area contributed by atoms with Gasteiger partial charge in [-0.2, -0.15) is 0 Å². The summed E-state index contributed by atoms with van der Waals surface area (Å²) in [6, 6.07) is 7.27. The van der Waals surface area contributed by atoms with E-state index in [1.54, 1.807) is 13.2 Å². The van der Waals surface area contributed by atoms with Crippen LogP contribution in [0.25, 0.3) is 0 Å². The Hall–Kier alpha value is -2.08. The van der Waals surface area contributed by atoms with Gasteiger partial charge in [-0.25, -0.2) is 0 Å². The van der Waals surface area contributed by atoms with Crippen LogP contribution in [0.4, 0.5) is 0 Å².